The number of esters is 1. The van der Waals surface area contributed by atoms with Gasteiger partial charge < -0.3 is 4.74 Å². The van der Waals surface area contributed by atoms with Crippen LogP contribution in [0, 0.1) is 6.07 Å². The number of carbonyl (C=O) groups is 1. The maximum Gasteiger partial charge on any atom is 0.330 e. The first-order valence-corrected chi connectivity index (χ1v) is 4.51. The molecule has 1 aromatic rings. The van der Waals surface area contributed by atoms with Gasteiger partial charge in [0.05, 0.1) is 0 Å². The lowest BCUT2D eigenvalue weighted by Crippen LogP contribution is -2.15. The lowest BCUT2D eigenvalue weighted by atomic mass is 10.1. The molecule has 1 radical (unpaired) electrons. The van der Waals surface area contributed by atoms with Crippen molar-refractivity contribution in [2.75, 3.05) is 0 Å². The van der Waals surface area contributed by atoms with Gasteiger partial charge in [-0.25, -0.2) is 4.79 Å². The monoisotopic (exact) mass is 189 g/mol. The van der Waals surface area contributed by atoms with E-state index in [1.165, 1.54) is 6.08 Å². The molecule has 73 valence electrons. The maximum absolute atomic E-state index is 10.9. The minimum Gasteiger partial charge on any atom is -0.459 e. The first kappa shape index (κ1) is 10.5. The fourth-order valence-corrected chi connectivity index (χ4v) is 1.16. The summed E-state index contributed by atoms with van der Waals surface area (Å²) in [7, 11) is 0. The van der Waals surface area contributed by atoms with Crippen molar-refractivity contribution in [1.29, 1.82) is 0 Å². The number of hydrogen-bond donors (Lipinski definition) is 0. The number of benzene rings is 1. The molecule has 14 heavy (non-hydrogen) atoms. The van der Waals surface area contributed by atoms with E-state index in [1.807, 2.05) is 31.2 Å². The van der Waals surface area contributed by atoms with Crippen molar-refractivity contribution in [2.45, 2.75) is 19.4 Å². The Morgan fingerprint density at radius 2 is 2.50 bits per heavy atom. The SMILES string of the molecule is C=CC(=O)OC(C)Cc1[c]cccc1. The van der Waals surface area contributed by atoms with Crippen LogP contribution < -0.4 is 0 Å². The van der Waals surface area contributed by atoms with Gasteiger partial charge in [0, 0.05) is 12.5 Å². The summed E-state index contributed by atoms with van der Waals surface area (Å²) in [4.78, 5) is 10.9. The zero-order valence-corrected chi connectivity index (χ0v) is 8.19. The Balaban J connectivity index is 2.45. The third-order valence-electron chi connectivity index (χ3n) is 1.76. The van der Waals surface area contributed by atoms with E-state index < -0.39 is 0 Å². The Hall–Kier alpha value is -1.57. The summed E-state index contributed by atoms with van der Waals surface area (Å²) in [5.41, 5.74) is 1.04. The molecule has 0 bridgehead atoms. The Bertz CT molecular complexity index is 303. The van der Waals surface area contributed by atoms with Crippen LogP contribution in [0.2, 0.25) is 0 Å². The molecule has 0 heterocycles. The highest BCUT2D eigenvalue weighted by molar-refractivity contribution is 5.81. The predicted molar refractivity (Wildman–Crippen MR) is 54.7 cm³/mol. The van der Waals surface area contributed by atoms with Crippen molar-refractivity contribution in [3.8, 4) is 0 Å². The highest BCUT2D eigenvalue weighted by atomic mass is 16.5. The predicted octanol–water partition coefficient (Wildman–Crippen LogP) is 2.15. The Morgan fingerprint density at radius 3 is 3.07 bits per heavy atom. The molecule has 0 aliphatic carbocycles. The molecule has 1 rings (SSSR count). The Labute approximate surface area is 84.2 Å². The highest BCUT2D eigenvalue weighted by Gasteiger charge is 2.06. The third-order valence-corrected chi connectivity index (χ3v) is 1.76. The molecule has 0 saturated heterocycles. The Kier molecular flexibility index (Phi) is 3.92. The van der Waals surface area contributed by atoms with Crippen molar-refractivity contribution in [3.05, 3.63) is 48.6 Å². The van der Waals surface area contributed by atoms with Gasteiger partial charge in [0.1, 0.15) is 6.10 Å². The summed E-state index contributed by atoms with van der Waals surface area (Å²) < 4.78 is 5.03. The van der Waals surface area contributed by atoms with E-state index in [0.717, 1.165) is 5.56 Å². The van der Waals surface area contributed by atoms with Crippen LogP contribution in [0.1, 0.15) is 12.5 Å². The van der Waals surface area contributed by atoms with Crippen LogP contribution in [0.25, 0.3) is 0 Å². The number of carbonyl (C=O) groups excluding carboxylic acids is 1. The van der Waals surface area contributed by atoms with Crippen molar-refractivity contribution < 1.29 is 9.53 Å². The van der Waals surface area contributed by atoms with E-state index in [1.54, 1.807) is 0 Å². The molecule has 0 fully saturated rings. The van der Waals surface area contributed by atoms with Gasteiger partial charge in [0.2, 0.25) is 0 Å². The largest absolute Gasteiger partial charge is 0.459 e. The molecule has 0 N–H and O–H groups in total. The lowest BCUT2D eigenvalue weighted by Gasteiger charge is -2.11. The topological polar surface area (TPSA) is 26.3 Å². The van der Waals surface area contributed by atoms with Crippen molar-refractivity contribution in [3.63, 3.8) is 0 Å². The first-order valence-electron chi connectivity index (χ1n) is 4.51. The van der Waals surface area contributed by atoms with Crippen LogP contribution in [-0.2, 0) is 16.0 Å². The van der Waals surface area contributed by atoms with Crippen LogP contribution in [0.15, 0.2) is 36.9 Å². The zero-order chi connectivity index (χ0) is 10.4. The Morgan fingerprint density at radius 1 is 1.71 bits per heavy atom. The summed E-state index contributed by atoms with van der Waals surface area (Å²) in [6.07, 6.45) is 1.71. The summed E-state index contributed by atoms with van der Waals surface area (Å²) in [5, 5.41) is 0. The second kappa shape index (κ2) is 5.22. The summed E-state index contributed by atoms with van der Waals surface area (Å²) in [6.45, 7) is 5.19. The molecule has 0 saturated carbocycles. The molecule has 2 nitrogen and oxygen atoms in total. The van der Waals surface area contributed by atoms with Gasteiger partial charge in [-0.05, 0) is 18.6 Å². The lowest BCUT2D eigenvalue weighted by molar-refractivity contribution is -0.142. The van der Waals surface area contributed by atoms with Gasteiger partial charge >= 0.3 is 5.97 Å². The molecular weight excluding hydrogens is 176 g/mol. The van der Waals surface area contributed by atoms with Gasteiger partial charge in [-0.3, -0.25) is 0 Å². The summed E-state index contributed by atoms with van der Waals surface area (Å²) >= 11 is 0. The second-order valence-electron chi connectivity index (χ2n) is 3.04. The molecule has 0 spiro atoms. The smallest absolute Gasteiger partial charge is 0.330 e. The van der Waals surface area contributed by atoms with Crippen molar-refractivity contribution in [1.82, 2.24) is 0 Å². The van der Waals surface area contributed by atoms with Crippen LogP contribution in [0.5, 0.6) is 0 Å². The van der Waals surface area contributed by atoms with Gasteiger partial charge in [0.15, 0.2) is 0 Å². The van der Waals surface area contributed by atoms with E-state index in [0.29, 0.717) is 6.42 Å². The van der Waals surface area contributed by atoms with Crippen molar-refractivity contribution in [2.24, 2.45) is 0 Å². The summed E-state index contributed by atoms with van der Waals surface area (Å²) in [5.74, 6) is -0.381. The van der Waals surface area contributed by atoms with E-state index in [2.05, 4.69) is 12.6 Å². The maximum atomic E-state index is 10.9. The molecule has 0 aliphatic rings. The average Bonchev–Trinajstić information content (AvgIpc) is 2.19. The first-order chi connectivity index (χ1) is 6.72. The number of ether oxygens (including phenoxy) is 1. The molecular formula is C12H13O2. The van der Waals surface area contributed by atoms with Crippen LogP contribution in [0.4, 0.5) is 0 Å². The van der Waals surface area contributed by atoms with Gasteiger partial charge in [-0.15, -0.1) is 0 Å². The fourth-order valence-electron chi connectivity index (χ4n) is 1.16. The van der Waals surface area contributed by atoms with Crippen LogP contribution in [-0.4, -0.2) is 12.1 Å². The number of hydrogen-bond acceptors (Lipinski definition) is 2. The molecule has 2 heteroatoms. The minimum absolute atomic E-state index is 0.140. The quantitative estimate of drug-likeness (QED) is 0.536. The molecule has 1 unspecified atom stereocenters. The zero-order valence-electron chi connectivity index (χ0n) is 8.19. The third kappa shape index (κ3) is 3.44. The van der Waals surface area contributed by atoms with E-state index in [-0.39, 0.29) is 12.1 Å². The van der Waals surface area contributed by atoms with Crippen LogP contribution in [0.3, 0.4) is 0 Å². The van der Waals surface area contributed by atoms with Gasteiger partial charge in [0.25, 0.3) is 0 Å². The van der Waals surface area contributed by atoms with Crippen molar-refractivity contribution >= 4 is 5.97 Å². The molecule has 0 amide bonds. The standard InChI is InChI=1S/C12H13O2/c1-3-12(13)14-10(2)9-11-7-5-4-6-8-11/h3-7,10H,1,9H2,2H3. The normalized spacial score (nSPS) is 11.8. The van der Waals surface area contributed by atoms with E-state index in [9.17, 15) is 4.79 Å². The van der Waals surface area contributed by atoms with E-state index in [4.69, 9.17) is 4.74 Å². The fraction of sp³-hybridized carbons (Fsp3) is 0.250. The van der Waals surface area contributed by atoms with Gasteiger partial charge in [-0.1, -0.05) is 30.8 Å². The second-order valence-corrected chi connectivity index (χ2v) is 3.04. The molecule has 0 aliphatic heterocycles. The molecule has 1 aromatic carbocycles. The highest BCUT2D eigenvalue weighted by Crippen LogP contribution is 2.04. The van der Waals surface area contributed by atoms with Gasteiger partial charge in [-0.2, -0.15) is 0 Å². The summed E-state index contributed by atoms with van der Waals surface area (Å²) in [6, 6.07) is 10.7. The van der Waals surface area contributed by atoms with E-state index >= 15 is 0 Å². The van der Waals surface area contributed by atoms with Crippen LogP contribution >= 0.6 is 0 Å². The molecule has 0 aromatic heterocycles. The number of rotatable bonds is 4. The minimum atomic E-state index is -0.381. The molecule has 1 atom stereocenters. The average molecular weight is 189 g/mol.